The van der Waals surface area contributed by atoms with E-state index in [2.05, 4.69) is 4.72 Å². The van der Waals surface area contributed by atoms with Crippen LogP contribution in [0.3, 0.4) is 0 Å². The molecule has 0 atom stereocenters. The van der Waals surface area contributed by atoms with Crippen molar-refractivity contribution in [1.82, 2.24) is 0 Å². The molecule has 1 aromatic carbocycles. The molecule has 1 aromatic heterocycles. The Hall–Kier alpha value is -1.86. The summed E-state index contributed by atoms with van der Waals surface area (Å²) in [6.45, 7) is 1.71. The number of hydrogen-bond donors (Lipinski definition) is 2. The quantitative estimate of drug-likeness (QED) is 0.903. The van der Waals surface area contributed by atoms with Crippen molar-refractivity contribution in [3.63, 3.8) is 0 Å². The third-order valence-corrected chi connectivity index (χ3v) is 5.01. The first kappa shape index (κ1) is 13.6. The zero-order valence-corrected chi connectivity index (χ0v) is 11.7. The molecule has 0 spiro atoms. The predicted molar refractivity (Wildman–Crippen MR) is 74.8 cm³/mol. The van der Waals surface area contributed by atoms with Crippen molar-refractivity contribution in [3.05, 3.63) is 46.8 Å². The number of carbonyl (C=O) groups excluding carboxylic acids is 1. The van der Waals surface area contributed by atoms with E-state index in [1.54, 1.807) is 30.5 Å². The largest absolute Gasteiger partial charge is 0.366 e. The van der Waals surface area contributed by atoms with E-state index in [1.807, 2.05) is 0 Å². The molecule has 0 bridgehead atoms. The van der Waals surface area contributed by atoms with Crippen LogP contribution in [-0.2, 0) is 10.0 Å². The standard InChI is InChI=1S/C12H12N2O3S2/c1-8-4-2-3-5-10(8)19(16,17)14-12-9(11(13)15)6-7-18-12/h2-7,14H,1H3,(H2,13,15). The summed E-state index contributed by atoms with van der Waals surface area (Å²) >= 11 is 1.11. The van der Waals surface area contributed by atoms with Crippen LogP contribution in [0.25, 0.3) is 0 Å². The normalized spacial score (nSPS) is 11.2. The van der Waals surface area contributed by atoms with Gasteiger partial charge in [-0.3, -0.25) is 9.52 Å². The van der Waals surface area contributed by atoms with Crippen LogP contribution in [0.4, 0.5) is 5.00 Å². The van der Waals surface area contributed by atoms with Crippen LogP contribution in [0.15, 0.2) is 40.6 Å². The molecule has 0 radical (unpaired) electrons. The number of carbonyl (C=O) groups is 1. The highest BCUT2D eigenvalue weighted by atomic mass is 32.2. The van der Waals surface area contributed by atoms with E-state index in [0.717, 1.165) is 11.3 Å². The van der Waals surface area contributed by atoms with E-state index in [9.17, 15) is 13.2 Å². The number of hydrogen-bond acceptors (Lipinski definition) is 4. The second kappa shape index (κ2) is 5.02. The van der Waals surface area contributed by atoms with Crippen LogP contribution in [0.1, 0.15) is 15.9 Å². The van der Waals surface area contributed by atoms with E-state index < -0.39 is 15.9 Å². The summed E-state index contributed by atoms with van der Waals surface area (Å²) in [7, 11) is -3.72. The Balaban J connectivity index is 2.40. The van der Waals surface area contributed by atoms with Crippen LogP contribution < -0.4 is 10.5 Å². The van der Waals surface area contributed by atoms with Crippen molar-refractivity contribution in [1.29, 1.82) is 0 Å². The van der Waals surface area contributed by atoms with Gasteiger partial charge in [0.15, 0.2) is 0 Å². The number of aryl methyl sites for hydroxylation is 1. The lowest BCUT2D eigenvalue weighted by atomic mass is 10.2. The summed E-state index contributed by atoms with van der Waals surface area (Å²) in [5, 5.41) is 1.84. The van der Waals surface area contributed by atoms with Crippen molar-refractivity contribution in [2.45, 2.75) is 11.8 Å². The highest BCUT2D eigenvalue weighted by molar-refractivity contribution is 7.93. The summed E-state index contributed by atoms with van der Waals surface area (Å²) in [5.41, 5.74) is 5.98. The Bertz CT molecular complexity index is 720. The molecule has 1 amide bonds. The molecule has 0 unspecified atom stereocenters. The topological polar surface area (TPSA) is 89.3 Å². The van der Waals surface area contributed by atoms with Crippen LogP contribution in [0.5, 0.6) is 0 Å². The van der Waals surface area contributed by atoms with E-state index in [4.69, 9.17) is 5.73 Å². The van der Waals surface area contributed by atoms with Gasteiger partial charge in [-0.1, -0.05) is 18.2 Å². The maximum Gasteiger partial charge on any atom is 0.262 e. The second-order valence-corrected chi connectivity index (χ2v) is 6.47. The predicted octanol–water partition coefficient (Wildman–Crippen LogP) is 1.96. The smallest absolute Gasteiger partial charge is 0.262 e. The second-order valence-electron chi connectivity index (χ2n) is 3.90. The van der Waals surface area contributed by atoms with Gasteiger partial charge in [-0.05, 0) is 30.0 Å². The maximum absolute atomic E-state index is 12.2. The fraction of sp³-hybridized carbons (Fsp3) is 0.0833. The molecular formula is C12H12N2O3S2. The zero-order chi connectivity index (χ0) is 14.0. The molecule has 0 aliphatic carbocycles. The Labute approximate surface area is 115 Å². The molecular weight excluding hydrogens is 284 g/mol. The lowest BCUT2D eigenvalue weighted by Crippen LogP contribution is -2.17. The molecule has 3 N–H and O–H groups in total. The van der Waals surface area contributed by atoms with Gasteiger partial charge >= 0.3 is 0 Å². The molecule has 2 aromatic rings. The summed E-state index contributed by atoms with van der Waals surface area (Å²) in [6.07, 6.45) is 0. The number of rotatable bonds is 4. The molecule has 7 heteroatoms. The highest BCUT2D eigenvalue weighted by Crippen LogP contribution is 2.26. The minimum Gasteiger partial charge on any atom is -0.366 e. The van der Waals surface area contributed by atoms with Crippen LogP contribution in [0.2, 0.25) is 0 Å². The highest BCUT2D eigenvalue weighted by Gasteiger charge is 2.20. The van der Waals surface area contributed by atoms with Gasteiger partial charge < -0.3 is 5.73 Å². The van der Waals surface area contributed by atoms with Gasteiger partial charge in [0.1, 0.15) is 5.00 Å². The number of benzene rings is 1. The van der Waals surface area contributed by atoms with Gasteiger partial charge in [0.05, 0.1) is 10.5 Å². The fourth-order valence-electron chi connectivity index (χ4n) is 1.62. The minimum atomic E-state index is -3.72. The van der Waals surface area contributed by atoms with Gasteiger partial charge in [0.2, 0.25) is 0 Å². The average molecular weight is 296 g/mol. The number of amides is 1. The molecule has 0 fully saturated rings. The number of primary amides is 1. The molecule has 0 aliphatic heterocycles. The van der Waals surface area contributed by atoms with E-state index in [-0.39, 0.29) is 15.5 Å². The third-order valence-electron chi connectivity index (χ3n) is 2.54. The van der Waals surface area contributed by atoms with E-state index >= 15 is 0 Å². The Morgan fingerprint density at radius 3 is 2.58 bits per heavy atom. The first-order chi connectivity index (χ1) is 8.92. The van der Waals surface area contributed by atoms with E-state index in [0.29, 0.717) is 5.56 Å². The number of anilines is 1. The van der Waals surface area contributed by atoms with Crippen molar-refractivity contribution < 1.29 is 13.2 Å². The zero-order valence-electron chi connectivity index (χ0n) is 10.1. The monoisotopic (exact) mass is 296 g/mol. The molecule has 100 valence electrons. The summed E-state index contributed by atoms with van der Waals surface area (Å²) in [6, 6.07) is 8.11. The molecule has 5 nitrogen and oxygen atoms in total. The lowest BCUT2D eigenvalue weighted by Gasteiger charge is -2.09. The van der Waals surface area contributed by atoms with Crippen LogP contribution in [-0.4, -0.2) is 14.3 Å². The lowest BCUT2D eigenvalue weighted by molar-refractivity contribution is 0.100. The molecule has 1 heterocycles. The Morgan fingerprint density at radius 2 is 1.95 bits per heavy atom. The number of nitrogens with two attached hydrogens (primary N) is 1. The fourth-order valence-corrected chi connectivity index (χ4v) is 3.99. The molecule has 0 saturated heterocycles. The molecule has 2 rings (SSSR count). The van der Waals surface area contributed by atoms with Gasteiger partial charge in [-0.25, -0.2) is 8.42 Å². The number of thiophene rings is 1. The van der Waals surface area contributed by atoms with Crippen molar-refractivity contribution in [2.24, 2.45) is 5.73 Å². The SMILES string of the molecule is Cc1ccccc1S(=O)(=O)Nc1sccc1C(N)=O. The number of sulfonamides is 1. The van der Waals surface area contributed by atoms with Crippen molar-refractivity contribution >= 4 is 32.3 Å². The maximum atomic E-state index is 12.2. The van der Waals surface area contributed by atoms with Crippen LogP contribution in [0, 0.1) is 6.92 Å². The van der Waals surface area contributed by atoms with Crippen LogP contribution >= 0.6 is 11.3 Å². The first-order valence-electron chi connectivity index (χ1n) is 5.37. The third kappa shape index (κ3) is 2.77. The molecule has 19 heavy (non-hydrogen) atoms. The average Bonchev–Trinajstić information content (AvgIpc) is 2.76. The van der Waals surface area contributed by atoms with E-state index in [1.165, 1.54) is 12.1 Å². The first-order valence-corrected chi connectivity index (χ1v) is 7.74. The number of nitrogens with one attached hydrogen (secondary N) is 1. The minimum absolute atomic E-state index is 0.169. The summed E-state index contributed by atoms with van der Waals surface area (Å²) in [5.74, 6) is -0.663. The van der Waals surface area contributed by atoms with Crippen molar-refractivity contribution in [2.75, 3.05) is 4.72 Å². The molecule has 0 aliphatic rings. The van der Waals surface area contributed by atoms with Gasteiger partial charge in [-0.2, -0.15) is 0 Å². The van der Waals surface area contributed by atoms with Crippen molar-refractivity contribution in [3.8, 4) is 0 Å². The van der Waals surface area contributed by atoms with Gasteiger partial charge in [-0.15, -0.1) is 11.3 Å². The summed E-state index contributed by atoms with van der Waals surface area (Å²) in [4.78, 5) is 11.3. The Morgan fingerprint density at radius 1 is 1.26 bits per heavy atom. The Kier molecular flexibility index (Phi) is 3.59. The van der Waals surface area contributed by atoms with Gasteiger partial charge in [0.25, 0.3) is 15.9 Å². The summed E-state index contributed by atoms with van der Waals surface area (Å²) < 4.78 is 26.9. The van der Waals surface area contributed by atoms with Gasteiger partial charge in [0, 0.05) is 0 Å². The molecule has 0 saturated carbocycles.